The van der Waals surface area contributed by atoms with Crippen molar-refractivity contribution in [1.29, 1.82) is 0 Å². The molecule has 1 atom stereocenters. The second-order valence-electron chi connectivity index (χ2n) is 4.59. The summed E-state index contributed by atoms with van der Waals surface area (Å²) in [5.41, 5.74) is 6.61. The van der Waals surface area contributed by atoms with Gasteiger partial charge in [0.05, 0.1) is 16.8 Å². The Bertz CT molecular complexity index is 693. The number of anilines is 1. The molecule has 0 aromatic heterocycles. The highest BCUT2D eigenvalue weighted by Gasteiger charge is 2.13. The zero-order valence-electron chi connectivity index (χ0n) is 11.2. The number of hydrogen-bond acceptors (Lipinski definition) is 2. The van der Waals surface area contributed by atoms with E-state index in [1.54, 1.807) is 37.3 Å². The Morgan fingerprint density at radius 2 is 2.05 bits per heavy atom. The summed E-state index contributed by atoms with van der Waals surface area (Å²) in [4.78, 5) is 11.2. The van der Waals surface area contributed by atoms with Gasteiger partial charge in [0.15, 0.2) is 0 Å². The van der Waals surface area contributed by atoms with Gasteiger partial charge in [-0.1, -0.05) is 33.6 Å². The number of nitrogens with two attached hydrogens (primary N) is 1. The van der Waals surface area contributed by atoms with E-state index < -0.39 is 5.91 Å². The van der Waals surface area contributed by atoms with Crippen molar-refractivity contribution in [3.8, 4) is 0 Å². The van der Waals surface area contributed by atoms with Gasteiger partial charge in [0.25, 0.3) is 0 Å². The Balaban J connectivity index is 2.28. The van der Waals surface area contributed by atoms with E-state index in [1.165, 1.54) is 6.07 Å². The lowest BCUT2D eigenvalue weighted by atomic mass is 10.1. The molecule has 3 N–H and O–H groups in total. The molecular weight excluding hydrogens is 359 g/mol. The van der Waals surface area contributed by atoms with Crippen LogP contribution >= 0.6 is 27.5 Å². The molecule has 1 unspecified atom stereocenters. The third kappa shape index (κ3) is 3.74. The summed E-state index contributed by atoms with van der Waals surface area (Å²) >= 11 is 9.30. The molecule has 6 heteroatoms. The highest BCUT2D eigenvalue weighted by atomic mass is 79.9. The van der Waals surface area contributed by atoms with E-state index in [0.29, 0.717) is 26.3 Å². The Kier molecular flexibility index (Phi) is 4.85. The largest absolute Gasteiger partial charge is 0.377 e. The number of hydrogen-bond donors (Lipinski definition) is 2. The van der Waals surface area contributed by atoms with Gasteiger partial charge in [-0.2, -0.15) is 0 Å². The highest BCUT2D eigenvalue weighted by molar-refractivity contribution is 9.10. The number of rotatable bonds is 4. The first-order valence-corrected chi connectivity index (χ1v) is 7.36. The third-order valence-corrected chi connectivity index (χ3v) is 3.87. The normalized spacial score (nSPS) is 12.0. The molecule has 0 aliphatic carbocycles. The van der Waals surface area contributed by atoms with E-state index in [9.17, 15) is 9.18 Å². The minimum absolute atomic E-state index is 0.321. The van der Waals surface area contributed by atoms with Crippen LogP contribution in [0.25, 0.3) is 0 Å². The minimum Gasteiger partial charge on any atom is -0.377 e. The lowest BCUT2D eigenvalue weighted by Gasteiger charge is -2.18. The zero-order valence-corrected chi connectivity index (χ0v) is 13.5. The maximum absolute atomic E-state index is 13.9. The zero-order chi connectivity index (χ0) is 15.6. The fraction of sp³-hybridized carbons (Fsp3) is 0.133. The van der Waals surface area contributed by atoms with Crippen molar-refractivity contribution in [3.05, 3.63) is 62.8 Å². The number of carbonyl (C=O) groups excluding carboxylic acids is 1. The van der Waals surface area contributed by atoms with Crippen LogP contribution in [0, 0.1) is 5.82 Å². The van der Waals surface area contributed by atoms with Crippen LogP contribution in [0.2, 0.25) is 5.02 Å². The Morgan fingerprint density at radius 3 is 2.67 bits per heavy atom. The molecule has 0 spiro atoms. The summed E-state index contributed by atoms with van der Waals surface area (Å²) in [5, 5.41) is 3.52. The van der Waals surface area contributed by atoms with Gasteiger partial charge in [-0.3, -0.25) is 4.79 Å². The molecule has 0 saturated carbocycles. The van der Waals surface area contributed by atoms with Gasteiger partial charge in [-0.05, 0) is 37.3 Å². The van der Waals surface area contributed by atoms with Crippen LogP contribution in [-0.4, -0.2) is 5.91 Å². The number of halogens is 3. The maximum Gasteiger partial charge on any atom is 0.248 e. The molecule has 0 bridgehead atoms. The molecule has 0 fully saturated rings. The van der Waals surface area contributed by atoms with Crippen molar-refractivity contribution < 1.29 is 9.18 Å². The monoisotopic (exact) mass is 370 g/mol. The third-order valence-electron chi connectivity index (χ3n) is 3.05. The molecule has 0 radical (unpaired) electrons. The minimum atomic E-state index is -0.544. The SMILES string of the molecule is CC(Nc1cc(C(N)=O)ccc1Cl)c1ccc(Br)cc1F. The number of primary amides is 1. The molecular formula is C15H13BrClFN2O. The molecule has 0 aliphatic heterocycles. The van der Waals surface area contributed by atoms with Gasteiger partial charge in [-0.25, -0.2) is 4.39 Å². The van der Waals surface area contributed by atoms with Crippen LogP contribution in [0.3, 0.4) is 0 Å². The fourth-order valence-electron chi connectivity index (χ4n) is 1.95. The highest BCUT2D eigenvalue weighted by Crippen LogP contribution is 2.29. The topological polar surface area (TPSA) is 55.1 Å². The van der Waals surface area contributed by atoms with E-state index in [0.717, 1.165) is 0 Å². The summed E-state index contributed by atoms with van der Waals surface area (Å²) in [6.07, 6.45) is 0. The van der Waals surface area contributed by atoms with Gasteiger partial charge in [0.1, 0.15) is 5.82 Å². The van der Waals surface area contributed by atoms with Gasteiger partial charge < -0.3 is 11.1 Å². The van der Waals surface area contributed by atoms with Crippen molar-refractivity contribution >= 4 is 39.1 Å². The number of carbonyl (C=O) groups is 1. The molecule has 2 aromatic rings. The van der Waals surface area contributed by atoms with Crippen LogP contribution in [0.15, 0.2) is 40.9 Å². The van der Waals surface area contributed by atoms with Gasteiger partial charge in [0.2, 0.25) is 5.91 Å². The average Bonchev–Trinajstić information content (AvgIpc) is 2.40. The predicted molar refractivity (Wildman–Crippen MR) is 86.1 cm³/mol. The first-order chi connectivity index (χ1) is 9.88. The Hall–Kier alpha value is -1.59. The lowest BCUT2D eigenvalue weighted by molar-refractivity contribution is 0.100. The second kappa shape index (κ2) is 6.45. The summed E-state index contributed by atoms with van der Waals surface area (Å²) < 4.78 is 14.6. The van der Waals surface area contributed by atoms with Crippen molar-refractivity contribution in [2.24, 2.45) is 5.73 Å². The average molecular weight is 372 g/mol. The van der Waals surface area contributed by atoms with Gasteiger partial charge in [-0.15, -0.1) is 0 Å². The molecule has 1 amide bonds. The Labute approximate surface area is 135 Å². The number of benzene rings is 2. The summed E-state index contributed by atoms with van der Waals surface area (Å²) in [7, 11) is 0. The molecule has 110 valence electrons. The molecule has 0 saturated heterocycles. The quantitative estimate of drug-likeness (QED) is 0.830. The number of nitrogens with one attached hydrogen (secondary N) is 1. The van der Waals surface area contributed by atoms with Crippen molar-refractivity contribution in [2.75, 3.05) is 5.32 Å². The summed E-state index contributed by atoms with van der Waals surface area (Å²) in [5.74, 6) is -0.872. The Morgan fingerprint density at radius 1 is 1.33 bits per heavy atom. The van der Waals surface area contributed by atoms with Crippen molar-refractivity contribution in [3.63, 3.8) is 0 Å². The van der Waals surface area contributed by atoms with E-state index in [1.807, 2.05) is 0 Å². The predicted octanol–water partition coefficient (Wildman–Crippen LogP) is 4.51. The lowest BCUT2D eigenvalue weighted by Crippen LogP contribution is -2.13. The van der Waals surface area contributed by atoms with Crippen LogP contribution < -0.4 is 11.1 Å². The summed E-state index contributed by atoms with van der Waals surface area (Å²) in [6.45, 7) is 1.81. The van der Waals surface area contributed by atoms with Gasteiger partial charge in [0, 0.05) is 15.6 Å². The van der Waals surface area contributed by atoms with E-state index in [2.05, 4.69) is 21.2 Å². The van der Waals surface area contributed by atoms with E-state index in [4.69, 9.17) is 17.3 Å². The smallest absolute Gasteiger partial charge is 0.248 e. The van der Waals surface area contributed by atoms with E-state index >= 15 is 0 Å². The van der Waals surface area contributed by atoms with Crippen LogP contribution in [-0.2, 0) is 0 Å². The molecule has 0 aliphatic rings. The summed E-state index contributed by atoms with van der Waals surface area (Å²) in [6, 6.07) is 9.20. The van der Waals surface area contributed by atoms with Crippen LogP contribution in [0.5, 0.6) is 0 Å². The van der Waals surface area contributed by atoms with Crippen LogP contribution in [0.1, 0.15) is 28.9 Å². The molecule has 2 rings (SSSR count). The fourth-order valence-corrected chi connectivity index (χ4v) is 2.46. The molecule has 21 heavy (non-hydrogen) atoms. The maximum atomic E-state index is 13.9. The van der Waals surface area contributed by atoms with Crippen molar-refractivity contribution in [1.82, 2.24) is 0 Å². The van der Waals surface area contributed by atoms with Crippen LogP contribution in [0.4, 0.5) is 10.1 Å². The molecule has 3 nitrogen and oxygen atoms in total. The number of amides is 1. The first kappa shape index (κ1) is 15.8. The van der Waals surface area contributed by atoms with E-state index in [-0.39, 0.29) is 11.9 Å². The van der Waals surface area contributed by atoms with Crippen molar-refractivity contribution in [2.45, 2.75) is 13.0 Å². The van der Waals surface area contributed by atoms with Gasteiger partial charge >= 0.3 is 0 Å². The molecule has 0 heterocycles. The second-order valence-corrected chi connectivity index (χ2v) is 5.91. The first-order valence-electron chi connectivity index (χ1n) is 6.19. The molecule has 2 aromatic carbocycles. The standard InChI is InChI=1S/C15H13BrClFN2O/c1-8(11-4-3-10(16)7-13(11)18)20-14-6-9(15(19)21)2-5-12(14)17/h2-8,20H,1H3,(H2,19,21).